The molecule has 0 heterocycles. The van der Waals surface area contributed by atoms with Crippen molar-refractivity contribution in [3.05, 3.63) is 23.8 Å². The summed E-state index contributed by atoms with van der Waals surface area (Å²) in [5.41, 5.74) is 0.151. The first-order chi connectivity index (χ1) is 9.31. The van der Waals surface area contributed by atoms with Crippen LogP contribution >= 0.6 is 0 Å². The lowest BCUT2D eigenvalue weighted by molar-refractivity contribution is -0.122. The molecule has 1 atom stereocenters. The van der Waals surface area contributed by atoms with Crippen LogP contribution in [0, 0.1) is 11.3 Å². The second-order valence-corrected chi connectivity index (χ2v) is 5.96. The van der Waals surface area contributed by atoms with Gasteiger partial charge in [0.15, 0.2) is 0 Å². The highest BCUT2D eigenvalue weighted by Gasteiger charge is 2.39. The lowest BCUT2D eigenvalue weighted by Crippen LogP contribution is -2.30. The molecule has 1 aliphatic rings. The minimum Gasteiger partial charge on any atom is -0.507 e. The predicted molar refractivity (Wildman–Crippen MR) is 74.8 cm³/mol. The maximum Gasteiger partial charge on any atom is 0.339 e. The van der Waals surface area contributed by atoms with Gasteiger partial charge >= 0.3 is 5.97 Å². The number of rotatable bonds is 3. The van der Waals surface area contributed by atoms with Crippen LogP contribution < -0.4 is 5.32 Å². The Balaban J connectivity index is 2.16. The Labute approximate surface area is 117 Å². The predicted octanol–water partition coefficient (Wildman–Crippen LogP) is 2.86. The van der Waals surface area contributed by atoms with Gasteiger partial charge in [0.1, 0.15) is 11.3 Å². The zero-order valence-electron chi connectivity index (χ0n) is 11.6. The molecule has 1 saturated carbocycles. The van der Waals surface area contributed by atoms with Crippen molar-refractivity contribution in [2.75, 3.05) is 5.32 Å². The molecular weight excluding hydrogens is 258 g/mol. The average Bonchev–Trinajstić information content (AvgIpc) is 2.71. The molecule has 2 rings (SSSR count). The highest BCUT2D eigenvalue weighted by molar-refractivity contribution is 5.96. The molecule has 0 spiro atoms. The largest absolute Gasteiger partial charge is 0.507 e. The number of amides is 1. The maximum absolute atomic E-state index is 12.3. The lowest BCUT2D eigenvalue weighted by Gasteiger charge is -2.25. The van der Waals surface area contributed by atoms with Crippen LogP contribution in [0.2, 0.25) is 0 Å². The van der Waals surface area contributed by atoms with E-state index in [1.54, 1.807) is 0 Å². The fourth-order valence-corrected chi connectivity index (χ4v) is 2.83. The summed E-state index contributed by atoms with van der Waals surface area (Å²) in [6.07, 6.45) is 2.89. The molecule has 1 amide bonds. The van der Waals surface area contributed by atoms with Gasteiger partial charge in [-0.2, -0.15) is 0 Å². The van der Waals surface area contributed by atoms with Crippen molar-refractivity contribution in [2.24, 2.45) is 11.3 Å². The Morgan fingerprint density at radius 2 is 2.05 bits per heavy atom. The minimum atomic E-state index is -1.22. The summed E-state index contributed by atoms with van der Waals surface area (Å²) < 4.78 is 0. The molecule has 0 aromatic heterocycles. The third-order valence-electron chi connectivity index (χ3n) is 4.07. The molecule has 0 radical (unpaired) electrons. The van der Waals surface area contributed by atoms with Crippen LogP contribution in [-0.4, -0.2) is 22.1 Å². The summed E-state index contributed by atoms with van der Waals surface area (Å²) in [5, 5.41) is 21.1. The molecule has 1 unspecified atom stereocenters. The van der Waals surface area contributed by atoms with Gasteiger partial charge in [-0.1, -0.05) is 20.3 Å². The van der Waals surface area contributed by atoms with Crippen molar-refractivity contribution in [3.63, 3.8) is 0 Å². The number of hydrogen-bond donors (Lipinski definition) is 3. The van der Waals surface area contributed by atoms with Gasteiger partial charge in [-0.3, -0.25) is 4.79 Å². The van der Waals surface area contributed by atoms with Crippen molar-refractivity contribution >= 4 is 17.6 Å². The first-order valence-corrected chi connectivity index (χ1v) is 6.68. The Hall–Kier alpha value is -2.04. The van der Waals surface area contributed by atoms with Crippen LogP contribution in [0.25, 0.3) is 0 Å². The summed E-state index contributed by atoms with van der Waals surface area (Å²) in [6.45, 7) is 4.15. The molecule has 0 aliphatic heterocycles. The summed E-state index contributed by atoms with van der Waals surface area (Å²) in [7, 11) is 0. The van der Waals surface area contributed by atoms with Gasteiger partial charge in [0.05, 0.1) is 0 Å². The minimum absolute atomic E-state index is 0.0311. The summed E-state index contributed by atoms with van der Waals surface area (Å²) in [5.74, 6) is -1.68. The molecular formula is C15H19NO4. The van der Waals surface area contributed by atoms with E-state index >= 15 is 0 Å². The third-order valence-corrected chi connectivity index (χ3v) is 4.07. The second-order valence-electron chi connectivity index (χ2n) is 5.96. The van der Waals surface area contributed by atoms with E-state index in [-0.39, 0.29) is 28.6 Å². The van der Waals surface area contributed by atoms with Crippen LogP contribution in [0.15, 0.2) is 18.2 Å². The van der Waals surface area contributed by atoms with Crippen molar-refractivity contribution in [1.82, 2.24) is 0 Å². The Bertz CT molecular complexity index is 551. The van der Waals surface area contributed by atoms with Gasteiger partial charge in [0, 0.05) is 11.6 Å². The van der Waals surface area contributed by atoms with E-state index < -0.39 is 5.97 Å². The first-order valence-electron chi connectivity index (χ1n) is 6.68. The molecule has 5 heteroatoms. The van der Waals surface area contributed by atoms with E-state index in [2.05, 4.69) is 19.2 Å². The standard InChI is InChI=1S/C15H19NO4/c1-15(2)7-3-4-11(15)13(18)16-9-5-6-12(17)10(8-9)14(19)20/h5-6,8,11,17H,3-4,7H2,1-2H3,(H,16,18)(H,19,20). The van der Waals surface area contributed by atoms with Gasteiger partial charge in [-0.05, 0) is 36.5 Å². The molecule has 3 N–H and O–H groups in total. The molecule has 5 nitrogen and oxygen atoms in total. The van der Waals surface area contributed by atoms with Crippen LogP contribution in [0.5, 0.6) is 5.75 Å². The smallest absolute Gasteiger partial charge is 0.339 e. The SMILES string of the molecule is CC1(C)CCCC1C(=O)Nc1ccc(O)c(C(=O)O)c1. The average molecular weight is 277 g/mol. The normalized spacial score (nSPS) is 20.6. The van der Waals surface area contributed by atoms with Crippen LogP contribution in [0.1, 0.15) is 43.5 Å². The number of aromatic hydroxyl groups is 1. The van der Waals surface area contributed by atoms with E-state index in [1.165, 1.54) is 18.2 Å². The number of carboxylic acid groups (broad SMARTS) is 1. The monoisotopic (exact) mass is 277 g/mol. The maximum atomic E-state index is 12.3. The van der Waals surface area contributed by atoms with Crippen LogP contribution in [-0.2, 0) is 4.79 Å². The zero-order chi connectivity index (χ0) is 14.9. The lowest BCUT2D eigenvalue weighted by atomic mass is 9.81. The number of carboxylic acids is 1. The highest BCUT2D eigenvalue weighted by Crippen LogP contribution is 2.43. The van der Waals surface area contributed by atoms with Gasteiger partial charge in [0.2, 0.25) is 5.91 Å². The summed E-state index contributed by atoms with van der Waals surface area (Å²) in [6, 6.07) is 4.05. The van der Waals surface area contributed by atoms with Crippen molar-refractivity contribution < 1.29 is 19.8 Å². The number of nitrogens with one attached hydrogen (secondary N) is 1. The molecule has 1 aliphatic carbocycles. The summed E-state index contributed by atoms with van der Waals surface area (Å²) in [4.78, 5) is 23.2. The van der Waals surface area contributed by atoms with Crippen molar-refractivity contribution in [2.45, 2.75) is 33.1 Å². The molecule has 1 aromatic carbocycles. The number of anilines is 1. The van der Waals surface area contributed by atoms with E-state index in [0.717, 1.165) is 19.3 Å². The molecule has 0 bridgehead atoms. The topological polar surface area (TPSA) is 86.6 Å². The third kappa shape index (κ3) is 2.76. The number of hydrogen-bond acceptors (Lipinski definition) is 3. The van der Waals surface area contributed by atoms with E-state index in [4.69, 9.17) is 5.11 Å². The highest BCUT2D eigenvalue weighted by atomic mass is 16.4. The summed E-state index contributed by atoms with van der Waals surface area (Å²) >= 11 is 0. The van der Waals surface area contributed by atoms with Crippen molar-refractivity contribution in [1.29, 1.82) is 0 Å². The Morgan fingerprint density at radius 3 is 2.60 bits per heavy atom. The second kappa shape index (κ2) is 5.15. The fourth-order valence-electron chi connectivity index (χ4n) is 2.83. The Morgan fingerprint density at radius 1 is 1.35 bits per heavy atom. The van der Waals surface area contributed by atoms with Gasteiger partial charge < -0.3 is 15.5 Å². The number of benzene rings is 1. The number of phenols is 1. The van der Waals surface area contributed by atoms with Gasteiger partial charge in [-0.15, -0.1) is 0 Å². The first kappa shape index (κ1) is 14.4. The van der Waals surface area contributed by atoms with Gasteiger partial charge in [-0.25, -0.2) is 4.79 Å². The zero-order valence-corrected chi connectivity index (χ0v) is 11.6. The Kier molecular flexibility index (Phi) is 3.70. The molecule has 0 saturated heterocycles. The molecule has 1 aromatic rings. The number of aromatic carboxylic acids is 1. The number of carbonyl (C=O) groups is 2. The van der Waals surface area contributed by atoms with Gasteiger partial charge in [0.25, 0.3) is 0 Å². The number of carbonyl (C=O) groups excluding carboxylic acids is 1. The van der Waals surface area contributed by atoms with Crippen LogP contribution in [0.3, 0.4) is 0 Å². The van der Waals surface area contributed by atoms with E-state index in [1.807, 2.05) is 0 Å². The van der Waals surface area contributed by atoms with Crippen LogP contribution in [0.4, 0.5) is 5.69 Å². The van der Waals surface area contributed by atoms with Crippen molar-refractivity contribution in [3.8, 4) is 5.75 Å². The quantitative estimate of drug-likeness (QED) is 0.741. The molecule has 108 valence electrons. The molecule has 1 fully saturated rings. The van der Waals surface area contributed by atoms with E-state index in [0.29, 0.717) is 5.69 Å². The molecule has 20 heavy (non-hydrogen) atoms. The fraction of sp³-hybridized carbons (Fsp3) is 0.467. The van der Waals surface area contributed by atoms with E-state index in [9.17, 15) is 14.7 Å².